The predicted molar refractivity (Wildman–Crippen MR) is 128 cm³/mol. The van der Waals surface area contributed by atoms with Gasteiger partial charge in [0.1, 0.15) is 5.75 Å². The fourth-order valence-electron chi connectivity index (χ4n) is 3.73. The van der Waals surface area contributed by atoms with Crippen LogP contribution in [0.15, 0.2) is 41.3 Å². The number of piperazine rings is 1. The number of hydrogen-bond donors (Lipinski definition) is 1. The summed E-state index contributed by atoms with van der Waals surface area (Å²) in [5, 5.41) is 2.85. The van der Waals surface area contributed by atoms with Crippen molar-refractivity contribution in [3.63, 3.8) is 0 Å². The summed E-state index contributed by atoms with van der Waals surface area (Å²) in [6.45, 7) is 2.35. The van der Waals surface area contributed by atoms with Gasteiger partial charge in [-0.3, -0.25) is 4.79 Å². The first-order chi connectivity index (χ1) is 16.3. The summed E-state index contributed by atoms with van der Waals surface area (Å²) in [7, 11) is 2.51. The highest BCUT2D eigenvalue weighted by molar-refractivity contribution is 7.89. The van der Waals surface area contributed by atoms with Gasteiger partial charge in [-0.05, 0) is 24.3 Å². The third-order valence-corrected chi connectivity index (χ3v) is 7.54. The second-order valence-electron chi connectivity index (χ2n) is 7.63. The van der Waals surface area contributed by atoms with Gasteiger partial charge in [-0.1, -0.05) is 0 Å². The summed E-state index contributed by atoms with van der Waals surface area (Å²) in [4.78, 5) is 14.8. The Morgan fingerprint density at radius 2 is 1.47 bits per heavy atom. The number of hydrogen-bond acceptors (Lipinski definition) is 8. The van der Waals surface area contributed by atoms with Crippen LogP contribution in [0.25, 0.3) is 0 Å². The highest BCUT2D eigenvalue weighted by Gasteiger charge is 2.28. The zero-order valence-electron chi connectivity index (χ0n) is 19.9. The Balaban J connectivity index is 1.52. The largest absolute Gasteiger partial charge is 0.497 e. The van der Waals surface area contributed by atoms with E-state index in [2.05, 4.69) is 10.2 Å². The molecule has 186 valence electrons. The lowest BCUT2D eigenvalue weighted by Crippen LogP contribution is -2.49. The monoisotopic (exact) mass is 493 g/mol. The van der Waals surface area contributed by atoms with Crippen LogP contribution < -0.4 is 24.3 Å². The van der Waals surface area contributed by atoms with Crippen molar-refractivity contribution >= 4 is 21.6 Å². The van der Waals surface area contributed by atoms with Gasteiger partial charge >= 0.3 is 0 Å². The number of methoxy groups -OCH3 is 4. The molecule has 1 heterocycles. The molecule has 1 amide bonds. The van der Waals surface area contributed by atoms with Gasteiger partial charge in [0.25, 0.3) is 0 Å². The van der Waals surface area contributed by atoms with Crippen LogP contribution in [0.2, 0.25) is 0 Å². The molecule has 0 saturated carbocycles. The van der Waals surface area contributed by atoms with E-state index in [0.717, 1.165) is 0 Å². The van der Waals surface area contributed by atoms with Crippen molar-refractivity contribution in [1.29, 1.82) is 0 Å². The Labute approximate surface area is 200 Å². The second kappa shape index (κ2) is 11.4. The lowest BCUT2D eigenvalue weighted by molar-refractivity contribution is -0.116. The zero-order valence-corrected chi connectivity index (χ0v) is 20.7. The highest BCUT2D eigenvalue weighted by Crippen LogP contribution is 2.39. The second-order valence-corrected chi connectivity index (χ2v) is 9.57. The summed E-state index contributed by atoms with van der Waals surface area (Å²) in [6, 6.07) is 9.71. The molecule has 0 spiro atoms. The molecule has 0 radical (unpaired) electrons. The summed E-state index contributed by atoms with van der Waals surface area (Å²) in [5.74, 6) is 1.79. The number of ether oxygens (including phenoxy) is 4. The molecule has 1 N–H and O–H groups in total. The Morgan fingerprint density at radius 1 is 0.882 bits per heavy atom. The maximum Gasteiger partial charge on any atom is 0.243 e. The van der Waals surface area contributed by atoms with E-state index < -0.39 is 10.0 Å². The Kier molecular flexibility index (Phi) is 8.59. The third kappa shape index (κ3) is 5.91. The predicted octanol–water partition coefficient (Wildman–Crippen LogP) is 2.06. The smallest absolute Gasteiger partial charge is 0.243 e. The maximum atomic E-state index is 12.9. The molecule has 1 aliphatic heterocycles. The van der Waals surface area contributed by atoms with E-state index in [-0.39, 0.29) is 17.2 Å². The van der Waals surface area contributed by atoms with Gasteiger partial charge in [0.2, 0.25) is 21.7 Å². The molecule has 2 aromatic carbocycles. The average molecular weight is 494 g/mol. The van der Waals surface area contributed by atoms with Gasteiger partial charge in [-0.25, -0.2) is 8.42 Å². The van der Waals surface area contributed by atoms with Crippen LogP contribution in [0, 0.1) is 0 Å². The van der Waals surface area contributed by atoms with E-state index in [1.54, 1.807) is 36.4 Å². The number of anilines is 1. The molecule has 0 bridgehead atoms. The molecule has 34 heavy (non-hydrogen) atoms. The van der Waals surface area contributed by atoms with Gasteiger partial charge in [0.05, 0.1) is 33.3 Å². The molecule has 10 nitrogen and oxygen atoms in total. The summed E-state index contributed by atoms with van der Waals surface area (Å²) >= 11 is 0. The number of nitrogens with one attached hydrogen (secondary N) is 1. The van der Waals surface area contributed by atoms with Crippen molar-refractivity contribution in [2.24, 2.45) is 0 Å². The normalized spacial score (nSPS) is 14.9. The molecule has 0 aliphatic carbocycles. The SMILES string of the molecule is COc1ccc(S(=O)(=O)N2CCN(CCC(=O)Nc3cc(OC)c(OC)c(OC)c3)CC2)cc1. The molecular formula is C23H31N3O7S. The van der Waals surface area contributed by atoms with Crippen molar-refractivity contribution in [2.45, 2.75) is 11.3 Å². The van der Waals surface area contributed by atoms with Gasteiger partial charge in [-0.15, -0.1) is 0 Å². The molecule has 2 aromatic rings. The molecule has 1 aliphatic rings. The molecule has 1 fully saturated rings. The summed E-state index contributed by atoms with van der Waals surface area (Å²) in [5.41, 5.74) is 0.537. The van der Waals surface area contributed by atoms with E-state index in [1.165, 1.54) is 32.7 Å². The summed E-state index contributed by atoms with van der Waals surface area (Å²) in [6.07, 6.45) is 0.266. The zero-order chi connectivity index (χ0) is 24.7. The minimum absolute atomic E-state index is 0.164. The topological polar surface area (TPSA) is 107 Å². The van der Waals surface area contributed by atoms with Crippen LogP contribution >= 0.6 is 0 Å². The van der Waals surface area contributed by atoms with Crippen molar-refractivity contribution in [3.8, 4) is 23.0 Å². The van der Waals surface area contributed by atoms with E-state index in [0.29, 0.717) is 61.4 Å². The van der Waals surface area contributed by atoms with Crippen LogP contribution in [0.1, 0.15) is 6.42 Å². The van der Waals surface area contributed by atoms with E-state index >= 15 is 0 Å². The average Bonchev–Trinajstić information content (AvgIpc) is 2.87. The number of amides is 1. The van der Waals surface area contributed by atoms with E-state index in [9.17, 15) is 13.2 Å². The van der Waals surface area contributed by atoms with Crippen molar-refractivity contribution in [1.82, 2.24) is 9.21 Å². The molecular weight excluding hydrogens is 462 g/mol. The van der Waals surface area contributed by atoms with Crippen molar-refractivity contribution in [3.05, 3.63) is 36.4 Å². The van der Waals surface area contributed by atoms with Gasteiger partial charge in [-0.2, -0.15) is 4.31 Å². The first kappa shape index (κ1) is 25.6. The first-order valence-electron chi connectivity index (χ1n) is 10.8. The minimum atomic E-state index is -3.56. The third-order valence-electron chi connectivity index (χ3n) is 5.63. The molecule has 11 heteroatoms. The fourth-order valence-corrected chi connectivity index (χ4v) is 5.15. The van der Waals surface area contributed by atoms with Gasteiger partial charge < -0.3 is 29.2 Å². The standard InChI is InChI=1S/C23H31N3O7S/c1-30-18-5-7-19(8-6-18)34(28,29)26-13-11-25(12-14-26)10-9-22(27)24-17-15-20(31-2)23(33-4)21(16-17)32-3/h5-8,15-16H,9-14H2,1-4H3,(H,24,27). The Morgan fingerprint density at radius 3 is 1.97 bits per heavy atom. The number of nitrogens with zero attached hydrogens (tertiary/aromatic N) is 2. The van der Waals surface area contributed by atoms with E-state index in [4.69, 9.17) is 18.9 Å². The van der Waals surface area contributed by atoms with Gasteiger partial charge in [0.15, 0.2) is 11.5 Å². The van der Waals surface area contributed by atoms with Crippen molar-refractivity contribution in [2.75, 3.05) is 66.5 Å². The fraction of sp³-hybridized carbons (Fsp3) is 0.435. The van der Waals surface area contributed by atoms with Crippen molar-refractivity contribution < 1.29 is 32.2 Å². The van der Waals surface area contributed by atoms with Crippen LogP contribution in [-0.4, -0.2) is 84.7 Å². The lowest BCUT2D eigenvalue weighted by Gasteiger charge is -2.33. The first-order valence-corrected chi connectivity index (χ1v) is 12.2. The number of carbonyl (C=O) groups is 1. The Hall–Kier alpha value is -3.02. The number of rotatable bonds is 10. The molecule has 0 aromatic heterocycles. The molecule has 3 rings (SSSR count). The Bertz CT molecular complexity index is 1060. The van der Waals surface area contributed by atoms with Crippen LogP contribution in [0.4, 0.5) is 5.69 Å². The highest BCUT2D eigenvalue weighted by atomic mass is 32.2. The van der Waals surface area contributed by atoms with E-state index in [1.807, 2.05) is 0 Å². The minimum Gasteiger partial charge on any atom is -0.497 e. The maximum absolute atomic E-state index is 12.9. The molecule has 0 atom stereocenters. The van der Waals surface area contributed by atoms with Crippen LogP contribution in [0.3, 0.4) is 0 Å². The molecule has 1 saturated heterocycles. The lowest BCUT2D eigenvalue weighted by atomic mass is 10.2. The van der Waals surface area contributed by atoms with Crippen LogP contribution in [-0.2, 0) is 14.8 Å². The number of benzene rings is 2. The van der Waals surface area contributed by atoms with Gasteiger partial charge in [0, 0.05) is 57.0 Å². The summed E-state index contributed by atoms with van der Waals surface area (Å²) < 4.78 is 48.3. The number of sulfonamides is 1. The number of carbonyl (C=O) groups excluding carboxylic acids is 1. The molecule has 0 unspecified atom stereocenters. The van der Waals surface area contributed by atoms with Crippen LogP contribution in [0.5, 0.6) is 23.0 Å². The quantitative estimate of drug-likeness (QED) is 0.536.